The molecule has 2 heterocycles. The zero-order valence-electron chi connectivity index (χ0n) is 15.3. The molecule has 3 nitrogen and oxygen atoms in total. The van der Waals surface area contributed by atoms with Gasteiger partial charge >= 0.3 is 0 Å². The number of hydrogen-bond donors (Lipinski definition) is 1. The number of aliphatic hydroxyl groups is 1. The van der Waals surface area contributed by atoms with Crippen LogP contribution in [0.15, 0.2) is 36.4 Å². The fourth-order valence-electron chi connectivity index (χ4n) is 3.97. The lowest BCUT2D eigenvalue weighted by Gasteiger charge is -2.29. The number of fused-ring (bicyclic) bond motifs is 3. The summed E-state index contributed by atoms with van der Waals surface area (Å²) in [5.41, 5.74) is 3.32. The smallest absolute Gasteiger partial charge is 0.105 e. The molecule has 2 aromatic carbocycles. The van der Waals surface area contributed by atoms with Crippen molar-refractivity contribution in [1.82, 2.24) is 9.47 Å². The van der Waals surface area contributed by atoms with E-state index in [1.54, 1.807) is 12.1 Å². The van der Waals surface area contributed by atoms with Crippen LogP contribution in [0, 0.1) is 0 Å². The monoisotopic (exact) mass is 422 g/mol. The molecule has 3 aromatic rings. The third-order valence-electron chi connectivity index (χ3n) is 5.41. The van der Waals surface area contributed by atoms with Crippen molar-refractivity contribution in [3.8, 4) is 0 Å². The summed E-state index contributed by atoms with van der Waals surface area (Å²) >= 11 is 18.5. The van der Waals surface area contributed by atoms with E-state index >= 15 is 0 Å². The normalized spacial score (nSPS) is 17.1. The van der Waals surface area contributed by atoms with Crippen molar-refractivity contribution >= 4 is 45.7 Å². The minimum atomic E-state index is -1.09. The van der Waals surface area contributed by atoms with Crippen molar-refractivity contribution in [3.63, 3.8) is 0 Å². The molecule has 1 aromatic heterocycles. The first-order chi connectivity index (χ1) is 12.8. The minimum absolute atomic E-state index is 0.433. The van der Waals surface area contributed by atoms with Gasteiger partial charge in [0, 0.05) is 41.1 Å². The average molecular weight is 424 g/mol. The first-order valence-electron chi connectivity index (χ1n) is 8.92. The van der Waals surface area contributed by atoms with Crippen LogP contribution in [0.25, 0.3) is 10.9 Å². The maximum absolute atomic E-state index is 11.3. The van der Waals surface area contributed by atoms with Gasteiger partial charge in [-0.25, -0.2) is 0 Å². The molecule has 1 unspecified atom stereocenters. The second-order valence-electron chi connectivity index (χ2n) is 7.56. The quantitative estimate of drug-likeness (QED) is 0.603. The van der Waals surface area contributed by atoms with Crippen LogP contribution >= 0.6 is 34.8 Å². The van der Waals surface area contributed by atoms with Crippen molar-refractivity contribution in [1.29, 1.82) is 0 Å². The highest BCUT2D eigenvalue weighted by Crippen LogP contribution is 2.36. The molecule has 27 heavy (non-hydrogen) atoms. The van der Waals surface area contributed by atoms with E-state index in [0.717, 1.165) is 41.0 Å². The van der Waals surface area contributed by atoms with Crippen LogP contribution < -0.4 is 0 Å². The number of aromatic nitrogens is 1. The SMILES string of the molecule is CN1CCc2c(c3cc(Cl)ccc3n2CC(C)(O)c2ccc(Cl)c(Cl)c2)C1. The summed E-state index contributed by atoms with van der Waals surface area (Å²) < 4.78 is 2.23. The van der Waals surface area contributed by atoms with E-state index in [0.29, 0.717) is 16.6 Å². The molecular weight excluding hydrogens is 403 g/mol. The summed E-state index contributed by atoms with van der Waals surface area (Å²) in [7, 11) is 2.13. The number of halogens is 3. The maximum Gasteiger partial charge on any atom is 0.105 e. The molecule has 0 saturated carbocycles. The van der Waals surface area contributed by atoms with Gasteiger partial charge in [-0.3, -0.25) is 0 Å². The predicted octanol–water partition coefficient (Wildman–Crippen LogP) is 5.50. The topological polar surface area (TPSA) is 28.4 Å². The lowest BCUT2D eigenvalue weighted by molar-refractivity contribution is 0.0385. The van der Waals surface area contributed by atoms with Crippen LogP contribution in [-0.2, 0) is 25.1 Å². The summed E-state index contributed by atoms with van der Waals surface area (Å²) in [4.78, 5) is 2.31. The lowest BCUT2D eigenvalue weighted by atomic mass is 9.95. The van der Waals surface area contributed by atoms with Gasteiger partial charge in [0.25, 0.3) is 0 Å². The van der Waals surface area contributed by atoms with Crippen molar-refractivity contribution in [2.75, 3.05) is 13.6 Å². The van der Waals surface area contributed by atoms with Crippen LogP contribution in [0.5, 0.6) is 0 Å². The summed E-state index contributed by atoms with van der Waals surface area (Å²) in [5.74, 6) is 0. The average Bonchev–Trinajstić information content (AvgIpc) is 2.89. The van der Waals surface area contributed by atoms with Crippen molar-refractivity contribution in [2.24, 2.45) is 0 Å². The molecule has 6 heteroatoms. The van der Waals surface area contributed by atoms with Gasteiger partial charge in [-0.1, -0.05) is 40.9 Å². The Balaban J connectivity index is 1.83. The standard InChI is InChI=1S/C21H21Cl3N2O/c1-21(27,13-3-5-17(23)18(24)9-13)12-26-19-6-4-14(22)10-15(19)16-11-25(2)8-7-20(16)26/h3-6,9-10,27H,7-8,11-12H2,1-2H3. The van der Waals surface area contributed by atoms with Gasteiger partial charge in [-0.05, 0) is 55.4 Å². The highest BCUT2D eigenvalue weighted by Gasteiger charge is 2.29. The van der Waals surface area contributed by atoms with E-state index in [9.17, 15) is 5.11 Å². The molecule has 0 amide bonds. The summed E-state index contributed by atoms with van der Waals surface area (Å²) in [6, 6.07) is 11.3. The second-order valence-corrected chi connectivity index (χ2v) is 8.81. The molecule has 4 rings (SSSR count). The Bertz CT molecular complexity index is 1030. The van der Waals surface area contributed by atoms with Crippen molar-refractivity contribution in [2.45, 2.75) is 32.0 Å². The molecule has 142 valence electrons. The van der Waals surface area contributed by atoms with Gasteiger partial charge in [0.15, 0.2) is 0 Å². The molecule has 1 aliphatic rings. The molecule has 0 spiro atoms. The van der Waals surface area contributed by atoms with Crippen LogP contribution in [0.3, 0.4) is 0 Å². The van der Waals surface area contributed by atoms with Gasteiger partial charge in [0.2, 0.25) is 0 Å². The molecule has 1 atom stereocenters. The molecular formula is C21H21Cl3N2O. The van der Waals surface area contributed by atoms with Gasteiger partial charge in [-0.15, -0.1) is 0 Å². The summed E-state index contributed by atoms with van der Waals surface area (Å²) in [6.45, 7) is 4.12. The number of nitrogens with zero attached hydrogens (tertiary/aromatic N) is 2. The zero-order valence-corrected chi connectivity index (χ0v) is 17.5. The number of rotatable bonds is 3. The van der Waals surface area contributed by atoms with Crippen molar-refractivity contribution < 1.29 is 5.11 Å². The van der Waals surface area contributed by atoms with Crippen LogP contribution in [-0.4, -0.2) is 28.2 Å². The predicted molar refractivity (Wildman–Crippen MR) is 113 cm³/mol. The molecule has 0 aliphatic carbocycles. The van der Waals surface area contributed by atoms with Gasteiger partial charge < -0.3 is 14.6 Å². The van der Waals surface area contributed by atoms with E-state index in [1.165, 1.54) is 11.3 Å². The van der Waals surface area contributed by atoms with E-state index in [4.69, 9.17) is 34.8 Å². The first kappa shape index (κ1) is 19.1. The maximum atomic E-state index is 11.3. The number of benzene rings is 2. The third kappa shape index (κ3) is 3.48. The number of likely N-dealkylation sites (N-methyl/N-ethyl adjacent to an activating group) is 1. The Hall–Kier alpha value is -1.23. The van der Waals surface area contributed by atoms with E-state index < -0.39 is 5.60 Å². The van der Waals surface area contributed by atoms with Crippen LogP contribution in [0.2, 0.25) is 15.1 Å². The van der Waals surface area contributed by atoms with Gasteiger partial charge in [0.1, 0.15) is 5.60 Å². The summed E-state index contributed by atoms with van der Waals surface area (Å²) in [5, 5.41) is 14.1. The molecule has 0 bridgehead atoms. The Morgan fingerprint density at radius 1 is 1.07 bits per heavy atom. The first-order valence-corrected chi connectivity index (χ1v) is 10.1. The van der Waals surface area contributed by atoms with E-state index in [1.807, 2.05) is 31.2 Å². The van der Waals surface area contributed by atoms with E-state index in [-0.39, 0.29) is 0 Å². The highest BCUT2D eigenvalue weighted by molar-refractivity contribution is 6.42. The molecule has 1 aliphatic heterocycles. The Morgan fingerprint density at radius 3 is 2.59 bits per heavy atom. The van der Waals surface area contributed by atoms with Gasteiger partial charge in [-0.2, -0.15) is 0 Å². The molecule has 0 fully saturated rings. The molecule has 1 N–H and O–H groups in total. The number of hydrogen-bond acceptors (Lipinski definition) is 2. The Morgan fingerprint density at radius 2 is 1.85 bits per heavy atom. The molecule has 0 saturated heterocycles. The summed E-state index contributed by atoms with van der Waals surface area (Å²) in [6.07, 6.45) is 0.940. The highest BCUT2D eigenvalue weighted by atomic mass is 35.5. The van der Waals surface area contributed by atoms with Crippen LogP contribution in [0.1, 0.15) is 23.7 Å². The lowest BCUT2D eigenvalue weighted by Crippen LogP contribution is -2.31. The van der Waals surface area contributed by atoms with Crippen molar-refractivity contribution in [3.05, 3.63) is 68.3 Å². The van der Waals surface area contributed by atoms with E-state index in [2.05, 4.69) is 16.5 Å². The fraction of sp³-hybridized carbons (Fsp3) is 0.333. The fourth-order valence-corrected chi connectivity index (χ4v) is 4.44. The molecule has 0 radical (unpaired) electrons. The zero-order chi connectivity index (χ0) is 19.3. The third-order valence-corrected chi connectivity index (χ3v) is 6.39. The minimum Gasteiger partial charge on any atom is -0.384 e. The largest absolute Gasteiger partial charge is 0.384 e. The Labute approximate surface area is 174 Å². The van der Waals surface area contributed by atoms with Crippen LogP contribution in [0.4, 0.5) is 0 Å². The van der Waals surface area contributed by atoms with Gasteiger partial charge in [0.05, 0.1) is 16.6 Å². The second kappa shape index (κ2) is 6.98. The Kier molecular flexibility index (Phi) is 4.94.